The van der Waals surface area contributed by atoms with E-state index in [2.05, 4.69) is 5.32 Å². The number of pyridine rings is 1. The lowest BCUT2D eigenvalue weighted by Crippen LogP contribution is -2.53. The monoisotopic (exact) mass is 409 g/mol. The third kappa shape index (κ3) is 3.53. The second-order valence-corrected chi connectivity index (χ2v) is 9.05. The summed E-state index contributed by atoms with van der Waals surface area (Å²) in [5, 5.41) is 3.23. The van der Waals surface area contributed by atoms with Gasteiger partial charge in [0.2, 0.25) is 0 Å². The van der Waals surface area contributed by atoms with Gasteiger partial charge in [0.1, 0.15) is 5.82 Å². The molecule has 0 radical (unpaired) electrons. The number of rotatable bonds is 2. The lowest BCUT2D eigenvalue weighted by molar-refractivity contribution is 0.127. The zero-order chi connectivity index (χ0) is 20.7. The molecule has 5 rings (SSSR count). The summed E-state index contributed by atoms with van der Waals surface area (Å²) in [4.78, 5) is 27.5. The second-order valence-electron chi connectivity index (χ2n) is 9.05. The molecule has 5 nitrogen and oxygen atoms in total. The van der Waals surface area contributed by atoms with Gasteiger partial charge in [-0.1, -0.05) is 37.5 Å². The highest BCUT2D eigenvalue weighted by Gasteiger charge is 2.38. The Morgan fingerprint density at radius 1 is 0.967 bits per heavy atom. The van der Waals surface area contributed by atoms with E-state index in [0.29, 0.717) is 25.2 Å². The van der Waals surface area contributed by atoms with Gasteiger partial charge in [-0.15, -0.1) is 0 Å². The fourth-order valence-electron chi connectivity index (χ4n) is 5.60. The van der Waals surface area contributed by atoms with Crippen LogP contribution in [0, 0.1) is 11.7 Å². The lowest BCUT2D eigenvalue weighted by atomic mass is 9.80. The maximum absolute atomic E-state index is 14.6. The predicted molar refractivity (Wildman–Crippen MR) is 114 cm³/mol. The molecule has 6 heteroatoms. The molecule has 3 heterocycles. The molecule has 3 aliphatic rings. The van der Waals surface area contributed by atoms with Gasteiger partial charge in [0, 0.05) is 54.5 Å². The van der Waals surface area contributed by atoms with E-state index in [-0.39, 0.29) is 35.3 Å². The number of aromatic nitrogens is 1. The first-order valence-electron chi connectivity index (χ1n) is 11.1. The number of fused-ring (bicyclic) bond motifs is 4. The maximum atomic E-state index is 14.6. The van der Waals surface area contributed by atoms with Crippen LogP contribution in [0.5, 0.6) is 0 Å². The Balaban J connectivity index is 1.45. The zero-order valence-corrected chi connectivity index (χ0v) is 17.1. The molecule has 0 unspecified atom stereocenters. The molecule has 1 aromatic carbocycles. The molecule has 1 saturated heterocycles. The van der Waals surface area contributed by atoms with Crippen LogP contribution in [0.2, 0.25) is 0 Å². The summed E-state index contributed by atoms with van der Waals surface area (Å²) in [5.74, 6) is 0.00353. The van der Waals surface area contributed by atoms with Crippen LogP contribution in [-0.2, 0) is 6.54 Å². The first-order valence-corrected chi connectivity index (χ1v) is 11.1. The van der Waals surface area contributed by atoms with Crippen LogP contribution in [-0.4, -0.2) is 34.6 Å². The Morgan fingerprint density at radius 3 is 2.57 bits per heavy atom. The van der Waals surface area contributed by atoms with Crippen LogP contribution >= 0.6 is 0 Å². The molecule has 2 aromatic rings. The highest BCUT2D eigenvalue weighted by molar-refractivity contribution is 5.75. The van der Waals surface area contributed by atoms with Crippen LogP contribution in [0.15, 0.2) is 41.2 Å². The van der Waals surface area contributed by atoms with Crippen molar-refractivity contribution < 1.29 is 9.18 Å². The third-order valence-corrected chi connectivity index (χ3v) is 6.97. The van der Waals surface area contributed by atoms with E-state index in [4.69, 9.17) is 0 Å². The summed E-state index contributed by atoms with van der Waals surface area (Å²) in [5.41, 5.74) is 2.12. The van der Waals surface area contributed by atoms with Crippen molar-refractivity contribution in [3.05, 3.63) is 58.3 Å². The van der Waals surface area contributed by atoms with E-state index in [9.17, 15) is 14.0 Å². The van der Waals surface area contributed by atoms with Crippen molar-refractivity contribution in [2.75, 3.05) is 13.1 Å². The normalized spacial score (nSPS) is 23.7. The maximum Gasteiger partial charge on any atom is 0.317 e. The summed E-state index contributed by atoms with van der Waals surface area (Å²) < 4.78 is 16.4. The number of benzene rings is 1. The number of amides is 2. The summed E-state index contributed by atoms with van der Waals surface area (Å²) in [6.45, 7) is 1.82. The van der Waals surface area contributed by atoms with Gasteiger partial charge in [-0.2, -0.15) is 0 Å². The molecule has 2 amide bonds. The van der Waals surface area contributed by atoms with E-state index in [1.165, 1.54) is 25.3 Å². The molecule has 2 fully saturated rings. The Bertz CT molecular complexity index is 1010. The topological polar surface area (TPSA) is 54.3 Å². The van der Waals surface area contributed by atoms with Crippen molar-refractivity contribution >= 4 is 6.03 Å². The first-order chi connectivity index (χ1) is 14.6. The van der Waals surface area contributed by atoms with E-state index >= 15 is 0 Å². The smallest absolute Gasteiger partial charge is 0.317 e. The quantitative estimate of drug-likeness (QED) is 0.811. The summed E-state index contributed by atoms with van der Waals surface area (Å²) in [7, 11) is 0. The van der Waals surface area contributed by atoms with Gasteiger partial charge >= 0.3 is 6.03 Å². The van der Waals surface area contributed by atoms with E-state index in [1.54, 1.807) is 24.3 Å². The number of halogens is 1. The molecule has 1 saturated carbocycles. The molecule has 1 aliphatic carbocycles. The minimum absolute atomic E-state index is 0.00997. The number of nitrogens with zero attached hydrogens (tertiary/aromatic N) is 2. The molecule has 0 spiro atoms. The van der Waals surface area contributed by atoms with Gasteiger partial charge in [-0.3, -0.25) is 4.79 Å². The van der Waals surface area contributed by atoms with Gasteiger partial charge in [-0.05, 0) is 37.3 Å². The van der Waals surface area contributed by atoms with Crippen LogP contribution in [0.4, 0.5) is 9.18 Å². The number of likely N-dealkylation sites (tertiary alicyclic amines) is 1. The summed E-state index contributed by atoms with van der Waals surface area (Å²) in [6, 6.07) is 10.3. The van der Waals surface area contributed by atoms with Gasteiger partial charge in [0.15, 0.2) is 0 Å². The minimum Gasteiger partial charge on any atom is -0.335 e. The first kappa shape index (κ1) is 19.3. The molecule has 1 N–H and O–H groups in total. The van der Waals surface area contributed by atoms with Crippen molar-refractivity contribution in [2.24, 2.45) is 5.92 Å². The fraction of sp³-hybridized carbons (Fsp3) is 0.500. The summed E-state index contributed by atoms with van der Waals surface area (Å²) >= 11 is 0. The van der Waals surface area contributed by atoms with Crippen LogP contribution in [0.3, 0.4) is 0 Å². The van der Waals surface area contributed by atoms with Crippen LogP contribution in [0.25, 0.3) is 11.1 Å². The molecule has 1 aromatic heterocycles. The lowest BCUT2D eigenvalue weighted by Gasteiger charge is -2.44. The van der Waals surface area contributed by atoms with E-state index in [1.807, 2.05) is 15.5 Å². The van der Waals surface area contributed by atoms with Crippen molar-refractivity contribution in [3.63, 3.8) is 0 Å². The Kier molecular flexibility index (Phi) is 5.09. The SMILES string of the molecule is O=C(NC1CCCCC1)N1C[C@@H]2C[C@@H](C1)c1c(-c3ccccc3F)ccc(=O)n1C2. The van der Waals surface area contributed by atoms with Crippen molar-refractivity contribution in [3.8, 4) is 11.1 Å². The average molecular weight is 410 g/mol. The number of urea groups is 1. The highest BCUT2D eigenvalue weighted by atomic mass is 19.1. The van der Waals surface area contributed by atoms with Gasteiger partial charge in [0.05, 0.1) is 0 Å². The Morgan fingerprint density at radius 2 is 1.77 bits per heavy atom. The van der Waals surface area contributed by atoms with Crippen LogP contribution < -0.4 is 10.9 Å². The van der Waals surface area contributed by atoms with Crippen molar-refractivity contribution in [1.29, 1.82) is 0 Å². The number of carbonyl (C=O) groups is 1. The molecule has 158 valence electrons. The van der Waals surface area contributed by atoms with Gasteiger partial charge < -0.3 is 14.8 Å². The van der Waals surface area contributed by atoms with Crippen LogP contribution in [0.1, 0.15) is 50.1 Å². The van der Waals surface area contributed by atoms with E-state index in [0.717, 1.165) is 30.5 Å². The van der Waals surface area contributed by atoms with Crippen molar-refractivity contribution in [1.82, 2.24) is 14.8 Å². The zero-order valence-electron chi connectivity index (χ0n) is 17.1. The fourth-order valence-corrected chi connectivity index (χ4v) is 5.60. The molecular weight excluding hydrogens is 381 g/mol. The highest BCUT2D eigenvalue weighted by Crippen LogP contribution is 2.40. The standard InChI is InChI=1S/C24H28FN3O2/c25-21-9-5-4-8-19(21)20-10-11-22(29)28-14-16-12-17(23(20)28)15-27(13-16)24(30)26-18-6-2-1-3-7-18/h4-5,8-11,16-18H,1-3,6-7,12-15H2,(H,26,30)/t16-,17-/m0/s1. The number of piperidine rings is 1. The number of nitrogens with one attached hydrogen (secondary N) is 1. The van der Waals surface area contributed by atoms with Gasteiger partial charge in [-0.25, -0.2) is 9.18 Å². The molecule has 2 aliphatic heterocycles. The van der Waals surface area contributed by atoms with Gasteiger partial charge in [0.25, 0.3) is 5.56 Å². The Hall–Kier alpha value is -2.63. The number of hydrogen-bond acceptors (Lipinski definition) is 2. The average Bonchev–Trinajstić information content (AvgIpc) is 2.75. The largest absolute Gasteiger partial charge is 0.335 e. The molecule has 2 atom stereocenters. The summed E-state index contributed by atoms with van der Waals surface area (Å²) in [6.07, 6.45) is 6.66. The predicted octanol–water partition coefficient (Wildman–Crippen LogP) is 4.12. The molecule has 30 heavy (non-hydrogen) atoms. The third-order valence-electron chi connectivity index (χ3n) is 6.97. The number of carbonyl (C=O) groups excluding carboxylic acids is 1. The molecular formula is C24H28FN3O2. The van der Waals surface area contributed by atoms with E-state index < -0.39 is 0 Å². The molecule has 2 bridgehead atoms. The minimum atomic E-state index is -0.288. The second kappa shape index (κ2) is 7.89. The Labute approximate surface area is 175 Å². The number of hydrogen-bond donors (Lipinski definition) is 1. The van der Waals surface area contributed by atoms with Crippen molar-refractivity contribution in [2.45, 2.75) is 57.0 Å².